The molecule has 3 heterocycles. The number of aromatic nitrogens is 4. The average Bonchev–Trinajstić information content (AvgIpc) is 2.61. The Labute approximate surface area is 153 Å². The van der Waals surface area contributed by atoms with Crippen molar-refractivity contribution in [2.24, 2.45) is 0 Å². The summed E-state index contributed by atoms with van der Waals surface area (Å²) in [5.74, 6) is 2.42. The molecule has 1 saturated heterocycles. The molecule has 1 atom stereocenters. The van der Waals surface area contributed by atoms with Gasteiger partial charge in [-0.1, -0.05) is 0 Å². The first-order valence-electron chi connectivity index (χ1n) is 8.82. The van der Waals surface area contributed by atoms with E-state index in [2.05, 4.69) is 25.3 Å². The number of rotatable bonds is 5. The molecule has 0 aliphatic carbocycles. The lowest BCUT2D eigenvalue weighted by molar-refractivity contribution is -0.133. The van der Waals surface area contributed by atoms with E-state index in [-0.39, 0.29) is 11.8 Å². The highest BCUT2D eigenvalue weighted by atomic mass is 16.2. The van der Waals surface area contributed by atoms with E-state index in [4.69, 9.17) is 0 Å². The molecular weight excluding hydrogens is 330 g/mol. The van der Waals surface area contributed by atoms with E-state index < -0.39 is 0 Å². The zero-order chi connectivity index (χ0) is 18.5. The third-order valence-electron chi connectivity index (χ3n) is 4.28. The summed E-state index contributed by atoms with van der Waals surface area (Å²) < 4.78 is 0. The first kappa shape index (κ1) is 18.2. The van der Waals surface area contributed by atoms with Crippen molar-refractivity contribution in [3.63, 3.8) is 0 Å². The number of hydrogen-bond donors (Lipinski definition) is 1. The van der Waals surface area contributed by atoms with Crippen molar-refractivity contribution in [2.75, 3.05) is 39.0 Å². The van der Waals surface area contributed by atoms with Crippen molar-refractivity contribution >= 4 is 17.5 Å². The lowest BCUT2D eigenvalue weighted by Gasteiger charge is -2.33. The predicted octanol–water partition coefficient (Wildman–Crippen LogP) is 1.59. The second kappa shape index (κ2) is 8.18. The van der Waals surface area contributed by atoms with Crippen LogP contribution < -0.4 is 5.32 Å². The number of carbonyl (C=O) groups is 1. The Morgan fingerprint density at radius 3 is 2.88 bits per heavy atom. The number of anilines is 2. The van der Waals surface area contributed by atoms with Gasteiger partial charge in [0, 0.05) is 43.2 Å². The normalized spacial score (nSPS) is 17.4. The molecule has 0 radical (unpaired) electrons. The minimum atomic E-state index is 0.150. The van der Waals surface area contributed by atoms with E-state index in [0.29, 0.717) is 24.7 Å². The van der Waals surface area contributed by atoms with Crippen molar-refractivity contribution in [1.29, 1.82) is 0 Å². The standard InChI is InChI=1S/C18H25N7O/c1-13-9-15(22-16-10-19-6-7-20-16)23-18(21-13)14-5-4-8-25(11-14)17(26)12-24(2)3/h6-7,9-10,14H,4-5,8,11-12H2,1-3H3,(H,20,21,22,23)/t14-/m1/s1. The smallest absolute Gasteiger partial charge is 0.236 e. The quantitative estimate of drug-likeness (QED) is 0.871. The van der Waals surface area contributed by atoms with E-state index in [0.717, 1.165) is 30.9 Å². The lowest BCUT2D eigenvalue weighted by atomic mass is 9.97. The third-order valence-corrected chi connectivity index (χ3v) is 4.28. The SMILES string of the molecule is Cc1cc(Nc2cnccn2)nc([C@@H]2CCCN(C(=O)CN(C)C)C2)n1. The van der Waals surface area contributed by atoms with Crippen LogP contribution in [0.5, 0.6) is 0 Å². The second-order valence-electron chi connectivity index (χ2n) is 6.89. The van der Waals surface area contributed by atoms with E-state index in [1.807, 2.05) is 36.9 Å². The molecule has 2 aromatic heterocycles. The number of hydrogen-bond acceptors (Lipinski definition) is 7. The van der Waals surface area contributed by atoms with Gasteiger partial charge in [0.15, 0.2) is 0 Å². The molecule has 1 aliphatic heterocycles. The van der Waals surface area contributed by atoms with E-state index >= 15 is 0 Å². The first-order chi connectivity index (χ1) is 12.5. The van der Waals surface area contributed by atoms with Gasteiger partial charge in [0.05, 0.1) is 12.7 Å². The Kier molecular flexibility index (Phi) is 5.72. The summed E-state index contributed by atoms with van der Waals surface area (Å²) >= 11 is 0. The van der Waals surface area contributed by atoms with Crippen LogP contribution in [-0.2, 0) is 4.79 Å². The molecule has 1 amide bonds. The highest BCUT2D eigenvalue weighted by Crippen LogP contribution is 2.26. The van der Waals surface area contributed by atoms with Crippen molar-refractivity contribution in [1.82, 2.24) is 29.7 Å². The molecule has 3 rings (SSSR count). The number of likely N-dealkylation sites (tertiary alicyclic amines) is 1. The summed E-state index contributed by atoms with van der Waals surface area (Å²) in [6.45, 7) is 3.85. The molecular formula is C18H25N7O. The van der Waals surface area contributed by atoms with Crippen LogP contribution in [0.15, 0.2) is 24.7 Å². The summed E-state index contributed by atoms with van der Waals surface area (Å²) in [4.78, 5) is 33.8. The molecule has 0 saturated carbocycles. The Morgan fingerprint density at radius 2 is 2.15 bits per heavy atom. The molecule has 0 aromatic carbocycles. The minimum Gasteiger partial charge on any atom is -0.341 e. The first-order valence-corrected chi connectivity index (χ1v) is 8.82. The lowest BCUT2D eigenvalue weighted by Crippen LogP contribution is -2.43. The van der Waals surface area contributed by atoms with Crippen molar-refractivity contribution < 1.29 is 4.79 Å². The molecule has 2 aromatic rings. The van der Waals surface area contributed by atoms with Gasteiger partial charge in [0.2, 0.25) is 5.91 Å². The molecule has 0 bridgehead atoms. The van der Waals surface area contributed by atoms with Crippen LogP contribution in [0.3, 0.4) is 0 Å². The average molecular weight is 355 g/mol. The topological polar surface area (TPSA) is 87.1 Å². The van der Waals surface area contributed by atoms with Gasteiger partial charge < -0.3 is 15.1 Å². The van der Waals surface area contributed by atoms with E-state index in [1.165, 1.54) is 0 Å². The highest BCUT2D eigenvalue weighted by molar-refractivity contribution is 5.78. The maximum atomic E-state index is 12.4. The summed E-state index contributed by atoms with van der Waals surface area (Å²) in [6, 6.07) is 1.88. The third kappa shape index (κ3) is 4.72. The monoisotopic (exact) mass is 355 g/mol. The van der Waals surface area contributed by atoms with Crippen molar-refractivity contribution in [3.05, 3.63) is 36.2 Å². The number of piperidine rings is 1. The molecule has 8 nitrogen and oxygen atoms in total. The maximum Gasteiger partial charge on any atom is 0.236 e. The number of amides is 1. The summed E-state index contributed by atoms with van der Waals surface area (Å²) in [5, 5.41) is 3.17. The molecule has 8 heteroatoms. The van der Waals surface area contributed by atoms with Crippen LogP contribution >= 0.6 is 0 Å². The number of likely N-dealkylation sites (N-methyl/N-ethyl adjacent to an activating group) is 1. The van der Waals surface area contributed by atoms with E-state index in [1.54, 1.807) is 18.6 Å². The fraction of sp³-hybridized carbons (Fsp3) is 0.500. The largest absolute Gasteiger partial charge is 0.341 e. The Bertz CT molecular complexity index is 750. The zero-order valence-corrected chi connectivity index (χ0v) is 15.5. The molecule has 138 valence electrons. The highest BCUT2D eigenvalue weighted by Gasteiger charge is 2.27. The Balaban J connectivity index is 1.74. The van der Waals surface area contributed by atoms with Gasteiger partial charge in [-0.25, -0.2) is 15.0 Å². The van der Waals surface area contributed by atoms with Crippen LogP contribution in [0, 0.1) is 6.92 Å². The molecule has 0 unspecified atom stereocenters. The molecule has 26 heavy (non-hydrogen) atoms. The zero-order valence-electron chi connectivity index (χ0n) is 15.5. The van der Waals surface area contributed by atoms with Crippen LogP contribution in [0.1, 0.15) is 30.3 Å². The molecule has 0 spiro atoms. The fourth-order valence-corrected chi connectivity index (χ4v) is 3.12. The fourth-order valence-electron chi connectivity index (χ4n) is 3.12. The van der Waals surface area contributed by atoms with Gasteiger partial charge in [-0.05, 0) is 33.9 Å². The maximum absolute atomic E-state index is 12.4. The number of carbonyl (C=O) groups excluding carboxylic acids is 1. The van der Waals surface area contributed by atoms with Gasteiger partial charge in [0.1, 0.15) is 17.5 Å². The van der Waals surface area contributed by atoms with Gasteiger partial charge in [0.25, 0.3) is 0 Å². The van der Waals surface area contributed by atoms with Gasteiger partial charge >= 0.3 is 0 Å². The van der Waals surface area contributed by atoms with Gasteiger partial charge in [-0.2, -0.15) is 0 Å². The summed E-state index contributed by atoms with van der Waals surface area (Å²) in [5.41, 5.74) is 0.887. The second-order valence-corrected chi connectivity index (χ2v) is 6.89. The number of aryl methyl sites for hydroxylation is 1. The number of nitrogens with zero attached hydrogens (tertiary/aromatic N) is 6. The minimum absolute atomic E-state index is 0.150. The summed E-state index contributed by atoms with van der Waals surface area (Å²) in [7, 11) is 3.82. The molecule has 1 aliphatic rings. The van der Waals surface area contributed by atoms with Gasteiger partial charge in [-0.15, -0.1) is 0 Å². The van der Waals surface area contributed by atoms with E-state index in [9.17, 15) is 4.79 Å². The Hall–Kier alpha value is -2.61. The Morgan fingerprint density at radius 1 is 1.31 bits per heavy atom. The predicted molar refractivity (Wildman–Crippen MR) is 99.2 cm³/mol. The van der Waals surface area contributed by atoms with Crippen LogP contribution in [0.4, 0.5) is 11.6 Å². The van der Waals surface area contributed by atoms with Crippen LogP contribution in [0.25, 0.3) is 0 Å². The van der Waals surface area contributed by atoms with Crippen molar-refractivity contribution in [2.45, 2.75) is 25.7 Å². The van der Waals surface area contributed by atoms with Crippen LogP contribution in [0.2, 0.25) is 0 Å². The molecule has 1 N–H and O–H groups in total. The number of nitrogens with one attached hydrogen (secondary N) is 1. The van der Waals surface area contributed by atoms with Crippen molar-refractivity contribution in [3.8, 4) is 0 Å². The van der Waals surface area contributed by atoms with Gasteiger partial charge in [-0.3, -0.25) is 9.78 Å². The molecule has 1 fully saturated rings. The summed E-state index contributed by atoms with van der Waals surface area (Å²) in [6.07, 6.45) is 6.86. The van der Waals surface area contributed by atoms with Crippen LogP contribution in [-0.4, -0.2) is 69.4 Å².